The van der Waals surface area contributed by atoms with Gasteiger partial charge in [0, 0.05) is 24.3 Å². The Bertz CT molecular complexity index is 1210. The SMILES string of the molecule is Cc1ccc(-n2cnnn2)cc1NC(=O)c1ccc(F)c(S(=O)(=O)N2CCCCC2)c1. The number of hydrogen-bond acceptors (Lipinski definition) is 6. The summed E-state index contributed by atoms with van der Waals surface area (Å²) in [4.78, 5) is 12.4. The summed E-state index contributed by atoms with van der Waals surface area (Å²) in [5, 5.41) is 13.7. The highest BCUT2D eigenvalue weighted by atomic mass is 32.2. The van der Waals surface area contributed by atoms with Crippen molar-refractivity contribution in [3.8, 4) is 5.69 Å². The van der Waals surface area contributed by atoms with Crippen molar-refractivity contribution in [2.75, 3.05) is 18.4 Å². The van der Waals surface area contributed by atoms with Gasteiger partial charge in [0.05, 0.1) is 5.69 Å². The van der Waals surface area contributed by atoms with Crippen LogP contribution in [-0.4, -0.2) is 51.9 Å². The number of carbonyl (C=O) groups excluding carboxylic acids is 1. The van der Waals surface area contributed by atoms with Crippen LogP contribution >= 0.6 is 0 Å². The lowest BCUT2D eigenvalue weighted by Gasteiger charge is -2.26. The number of anilines is 1. The second-order valence-corrected chi connectivity index (χ2v) is 9.22. The van der Waals surface area contributed by atoms with E-state index in [9.17, 15) is 17.6 Å². The first-order chi connectivity index (χ1) is 14.9. The number of amides is 1. The topological polar surface area (TPSA) is 110 Å². The van der Waals surface area contributed by atoms with Crippen molar-refractivity contribution in [3.63, 3.8) is 0 Å². The maximum atomic E-state index is 14.4. The Labute approximate surface area is 178 Å². The molecule has 2 aromatic carbocycles. The number of hydrogen-bond donors (Lipinski definition) is 1. The van der Waals surface area contributed by atoms with Crippen LogP contribution in [0, 0.1) is 12.7 Å². The minimum absolute atomic E-state index is 0.0456. The maximum Gasteiger partial charge on any atom is 0.255 e. The van der Waals surface area contributed by atoms with Gasteiger partial charge in [-0.3, -0.25) is 4.79 Å². The number of halogens is 1. The summed E-state index contributed by atoms with van der Waals surface area (Å²) in [6, 6.07) is 8.65. The van der Waals surface area contributed by atoms with Crippen LogP contribution in [0.4, 0.5) is 10.1 Å². The average molecular weight is 444 g/mol. The molecule has 1 aromatic heterocycles. The van der Waals surface area contributed by atoms with Crippen LogP contribution in [0.2, 0.25) is 0 Å². The van der Waals surface area contributed by atoms with E-state index in [4.69, 9.17) is 0 Å². The number of carbonyl (C=O) groups is 1. The first-order valence-corrected chi connectivity index (χ1v) is 11.3. The van der Waals surface area contributed by atoms with Crippen LogP contribution < -0.4 is 5.32 Å². The largest absolute Gasteiger partial charge is 0.322 e. The van der Waals surface area contributed by atoms with E-state index < -0.39 is 26.6 Å². The molecule has 1 aliphatic rings. The zero-order chi connectivity index (χ0) is 22.0. The molecule has 3 aromatic rings. The Morgan fingerprint density at radius 3 is 2.58 bits per heavy atom. The molecule has 9 nitrogen and oxygen atoms in total. The van der Waals surface area contributed by atoms with E-state index in [1.165, 1.54) is 21.4 Å². The molecule has 1 aliphatic heterocycles. The molecule has 0 spiro atoms. The van der Waals surface area contributed by atoms with Gasteiger partial charge in [0.25, 0.3) is 5.91 Å². The standard InChI is InChI=1S/C20H21FN6O3S/c1-14-5-7-16(27-13-22-24-25-27)12-18(14)23-20(28)15-6-8-17(21)19(11-15)31(29,30)26-9-3-2-4-10-26/h5-8,11-13H,2-4,9-10H2,1H3,(H,23,28). The molecule has 0 unspecified atom stereocenters. The lowest BCUT2D eigenvalue weighted by Crippen LogP contribution is -2.36. The number of sulfonamides is 1. The average Bonchev–Trinajstić information content (AvgIpc) is 3.31. The van der Waals surface area contributed by atoms with Crippen molar-refractivity contribution in [2.24, 2.45) is 0 Å². The summed E-state index contributed by atoms with van der Waals surface area (Å²) in [6.45, 7) is 2.51. The van der Waals surface area contributed by atoms with E-state index in [1.807, 2.05) is 6.92 Å². The van der Waals surface area contributed by atoms with Gasteiger partial charge in [-0.2, -0.15) is 4.31 Å². The fraction of sp³-hybridized carbons (Fsp3) is 0.300. The van der Waals surface area contributed by atoms with Gasteiger partial charge in [0.15, 0.2) is 0 Å². The van der Waals surface area contributed by atoms with Crippen LogP contribution in [-0.2, 0) is 10.0 Å². The fourth-order valence-electron chi connectivity index (χ4n) is 3.45. The first-order valence-electron chi connectivity index (χ1n) is 9.81. The van der Waals surface area contributed by atoms with E-state index in [1.54, 1.807) is 18.2 Å². The van der Waals surface area contributed by atoms with Gasteiger partial charge in [-0.25, -0.2) is 17.5 Å². The predicted octanol–water partition coefficient (Wildman–Crippen LogP) is 2.54. The van der Waals surface area contributed by atoms with Crippen molar-refractivity contribution >= 4 is 21.6 Å². The van der Waals surface area contributed by atoms with Gasteiger partial charge in [-0.15, -0.1) is 5.10 Å². The molecule has 0 atom stereocenters. The van der Waals surface area contributed by atoms with Crippen molar-refractivity contribution < 1.29 is 17.6 Å². The molecular formula is C20H21FN6O3S. The van der Waals surface area contributed by atoms with Gasteiger partial charge in [-0.1, -0.05) is 12.5 Å². The lowest BCUT2D eigenvalue weighted by molar-refractivity contribution is 0.102. The van der Waals surface area contributed by atoms with Gasteiger partial charge < -0.3 is 5.32 Å². The Kier molecular flexibility index (Phi) is 5.79. The summed E-state index contributed by atoms with van der Waals surface area (Å²) in [5.74, 6) is -1.42. The summed E-state index contributed by atoms with van der Waals surface area (Å²) in [5.41, 5.74) is 1.97. The molecule has 4 rings (SSSR count). The summed E-state index contributed by atoms with van der Waals surface area (Å²) in [7, 11) is -4.01. The van der Waals surface area contributed by atoms with Crippen molar-refractivity contribution in [1.82, 2.24) is 24.5 Å². The maximum absolute atomic E-state index is 14.4. The van der Waals surface area contributed by atoms with Gasteiger partial charge in [0.2, 0.25) is 10.0 Å². The highest BCUT2D eigenvalue weighted by molar-refractivity contribution is 7.89. The Balaban J connectivity index is 1.61. The number of nitrogens with zero attached hydrogens (tertiary/aromatic N) is 5. The van der Waals surface area contributed by atoms with Crippen LogP contribution in [0.1, 0.15) is 35.2 Å². The molecule has 11 heteroatoms. The van der Waals surface area contributed by atoms with Crippen LogP contribution in [0.15, 0.2) is 47.6 Å². The van der Waals surface area contributed by atoms with Crippen molar-refractivity contribution in [1.29, 1.82) is 0 Å². The Morgan fingerprint density at radius 2 is 1.87 bits per heavy atom. The van der Waals surface area contributed by atoms with Crippen molar-refractivity contribution in [2.45, 2.75) is 31.1 Å². The highest BCUT2D eigenvalue weighted by Gasteiger charge is 2.29. The number of aryl methyl sites for hydroxylation is 1. The molecule has 31 heavy (non-hydrogen) atoms. The minimum atomic E-state index is -4.01. The zero-order valence-corrected chi connectivity index (χ0v) is 17.6. The van der Waals surface area contributed by atoms with Crippen LogP contribution in [0.3, 0.4) is 0 Å². The number of nitrogens with one attached hydrogen (secondary N) is 1. The monoisotopic (exact) mass is 444 g/mol. The van der Waals surface area contributed by atoms with Gasteiger partial charge >= 0.3 is 0 Å². The zero-order valence-electron chi connectivity index (χ0n) is 16.8. The van der Waals surface area contributed by atoms with Crippen LogP contribution in [0.25, 0.3) is 5.69 Å². The normalized spacial score (nSPS) is 15.0. The predicted molar refractivity (Wildman–Crippen MR) is 111 cm³/mol. The molecular weight excluding hydrogens is 423 g/mol. The van der Waals surface area contributed by atoms with E-state index in [2.05, 4.69) is 20.8 Å². The van der Waals surface area contributed by atoms with E-state index >= 15 is 0 Å². The molecule has 1 saturated heterocycles. The molecule has 162 valence electrons. The first kappa shape index (κ1) is 21.1. The third-order valence-corrected chi connectivity index (χ3v) is 7.12. The summed E-state index contributed by atoms with van der Waals surface area (Å²) >= 11 is 0. The van der Waals surface area contributed by atoms with Gasteiger partial charge in [0.1, 0.15) is 17.0 Å². The number of benzene rings is 2. The Hall–Kier alpha value is -3.18. The smallest absolute Gasteiger partial charge is 0.255 e. The Morgan fingerprint density at radius 1 is 1.10 bits per heavy atom. The third-order valence-electron chi connectivity index (χ3n) is 5.21. The van der Waals surface area contributed by atoms with Crippen molar-refractivity contribution in [3.05, 3.63) is 59.7 Å². The summed E-state index contributed by atoms with van der Waals surface area (Å²) < 4.78 is 42.9. The highest BCUT2D eigenvalue weighted by Crippen LogP contribution is 2.25. The molecule has 0 aliphatic carbocycles. The van der Waals surface area contributed by atoms with Crippen LogP contribution in [0.5, 0.6) is 0 Å². The summed E-state index contributed by atoms with van der Waals surface area (Å²) in [6.07, 6.45) is 3.84. The number of tetrazole rings is 1. The van der Waals surface area contributed by atoms with E-state index in [0.29, 0.717) is 24.5 Å². The minimum Gasteiger partial charge on any atom is -0.322 e. The van der Waals surface area contributed by atoms with E-state index in [-0.39, 0.29) is 5.56 Å². The molecule has 1 amide bonds. The van der Waals surface area contributed by atoms with E-state index in [0.717, 1.165) is 37.0 Å². The number of rotatable bonds is 5. The fourth-order valence-corrected chi connectivity index (χ4v) is 5.06. The molecule has 0 saturated carbocycles. The molecule has 1 N–H and O–H groups in total. The lowest BCUT2D eigenvalue weighted by atomic mass is 10.1. The molecule has 0 radical (unpaired) electrons. The molecule has 1 fully saturated rings. The number of piperidine rings is 1. The van der Waals surface area contributed by atoms with Gasteiger partial charge in [-0.05, 0) is 66.1 Å². The molecule has 0 bridgehead atoms. The second-order valence-electron chi connectivity index (χ2n) is 7.32. The quantitative estimate of drug-likeness (QED) is 0.648. The second kappa shape index (κ2) is 8.52. The number of aromatic nitrogens is 4. The third kappa shape index (κ3) is 4.32. The molecule has 2 heterocycles.